The molecule has 2 aliphatic heterocycles. The Bertz CT molecular complexity index is 718. The number of thioether (sulfide) groups is 1. The van der Waals surface area contributed by atoms with Gasteiger partial charge in [-0.05, 0) is 54.4 Å². The third kappa shape index (κ3) is 3.23. The predicted octanol–water partition coefficient (Wildman–Crippen LogP) is 4.81. The quantitative estimate of drug-likeness (QED) is 0.870. The molecule has 2 aromatic rings. The summed E-state index contributed by atoms with van der Waals surface area (Å²) in [6, 6.07) is 19.4. The summed E-state index contributed by atoms with van der Waals surface area (Å²) in [7, 11) is 0. The van der Waals surface area contributed by atoms with Crippen LogP contribution in [0.1, 0.15) is 24.0 Å². The maximum atomic E-state index is 5.05. The highest BCUT2D eigenvalue weighted by molar-refractivity contribution is 7.99. The Balaban J connectivity index is 1.57. The third-order valence-corrected chi connectivity index (χ3v) is 6.25. The van der Waals surface area contributed by atoms with Crippen LogP contribution in [0.3, 0.4) is 0 Å². The number of fused-ring (bicyclic) bond motifs is 1. The third-order valence-electron chi connectivity index (χ3n) is 5.26. The van der Waals surface area contributed by atoms with Gasteiger partial charge in [-0.2, -0.15) is 11.8 Å². The van der Waals surface area contributed by atoms with Gasteiger partial charge in [-0.3, -0.25) is 4.99 Å². The van der Waals surface area contributed by atoms with Crippen molar-refractivity contribution < 1.29 is 0 Å². The second-order valence-corrected chi connectivity index (χ2v) is 8.04. The zero-order valence-electron chi connectivity index (χ0n) is 14.0. The van der Waals surface area contributed by atoms with Crippen molar-refractivity contribution in [1.82, 2.24) is 0 Å². The maximum absolute atomic E-state index is 5.05. The average molecular weight is 337 g/mol. The Morgan fingerprint density at radius 2 is 1.71 bits per heavy atom. The molecular formula is C21H24N2S. The molecule has 3 heteroatoms. The molecule has 4 rings (SSSR count). The van der Waals surface area contributed by atoms with Crippen LogP contribution in [0.4, 0.5) is 5.69 Å². The molecule has 2 nitrogen and oxygen atoms in total. The first-order chi connectivity index (χ1) is 11.9. The molecule has 0 aliphatic carbocycles. The van der Waals surface area contributed by atoms with E-state index in [4.69, 9.17) is 4.99 Å². The molecule has 24 heavy (non-hydrogen) atoms. The van der Waals surface area contributed by atoms with Gasteiger partial charge in [0.25, 0.3) is 0 Å². The van der Waals surface area contributed by atoms with Crippen molar-refractivity contribution in [2.75, 3.05) is 23.4 Å². The molecule has 0 radical (unpaired) electrons. The number of amidine groups is 1. The number of rotatable bonds is 3. The van der Waals surface area contributed by atoms with Gasteiger partial charge < -0.3 is 5.32 Å². The molecule has 2 aromatic carbocycles. The topological polar surface area (TPSA) is 24.4 Å². The number of hydrogen-bond acceptors (Lipinski definition) is 2. The van der Waals surface area contributed by atoms with E-state index in [9.17, 15) is 0 Å². The van der Waals surface area contributed by atoms with Crippen LogP contribution in [-0.2, 0) is 12.8 Å². The molecule has 0 unspecified atom stereocenters. The highest BCUT2D eigenvalue weighted by Crippen LogP contribution is 2.43. The molecule has 1 N–H and O–H groups in total. The van der Waals surface area contributed by atoms with Crippen molar-refractivity contribution in [3.05, 3.63) is 65.7 Å². The van der Waals surface area contributed by atoms with Crippen LogP contribution >= 0.6 is 11.8 Å². The molecule has 1 saturated heterocycles. The number of para-hydroxylation sites is 1. The molecule has 1 fully saturated rings. The molecular weight excluding hydrogens is 312 g/mol. The summed E-state index contributed by atoms with van der Waals surface area (Å²) in [5, 5.41) is 3.68. The number of anilines is 1. The van der Waals surface area contributed by atoms with E-state index in [0.29, 0.717) is 0 Å². The SMILES string of the molecule is c1ccc(CCN=C2Nc3ccccc3CC23CCSCC3)cc1. The van der Waals surface area contributed by atoms with E-state index in [1.807, 2.05) is 0 Å². The van der Waals surface area contributed by atoms with E-state index >= 15 is 0 Å². The average Bonchev–Trinajstić information content (AvgIpc) is 2.64. The first-order valence-electron chi connectivity index (χ1n) is 8.87. The molecule has 0 bridgehead atoms. The number of hydrogen-bond donors (Lipinski definition) is 1. The van der Waals surface area contributed by atoms with Crippen molar-refractivity contribution in [3.63, 3.8) is 0 Å². The zero-order valence-corrected chi connectivity index (χ0v) is 14.8. The number of nitrogens with one attached hydrogen (secondary N) is 1. The lowest BCUT2D eigenvalue weighted by Crippen LogP contribution is -2.44. The van der Waals surface area contributed by atoms with Gasteiger partial charge in [0.1, 0.15) is 5.84 Å². The highest BCUT2D eigenvalue weighted by Gasteiger charge is 2.41. The number of aliphatic imine (C=N–C) groups is 1. The molecule has 0 amide bonds. The largest absolute Gasteiger partial charge is 0.343 e. The second-order valence-electron chi connectivity index (χ2n) is 6.82. The molecule has 0 atom stereocenters. The Morgan fingerprint density at radius 3 is 2.54 bits per heavy atom. The maximum Gasteiger partial charge on any atom is 0.107 e. The van der Waals surface area contributed by atoms with Crippen LogP contribution in [-0.4, -0.2) is 23.9 Å². The fraction of sp³-hybridized carbons (Fsp3) is 0.381. The smallest absolute Gasteiger partial charge is 0.107 e. The molecule has 124 valence electrons. The van der Waals surface area contributed by atoms with Crippen LogP contribution in [0.15, 0.2) is 59.6 Å². The monoisotopic (exact) mass is 336 g/mol. The van der Waals surface area contributed by atoms with Crippen molar-refractivity contribution in [3.8, 4) is 0 Å². The minimum atomic E-state index is 0.232. The first kappa shape index (κ1) is 15.8. The normalized spacial score (nSPS) is 20.6. The minimum absolute atomic E-state index is 0.232. The summed E-state index contributed by atoms with van der Waals surface area (Å²) in [6.45, 7) is 0.864. The van der Waals surface area contributed by atoms with Gasteiger partial charge in [0.05, 0.1) is 0 Å². The van der Waals surface area contributed by atoms with Crippen molar-refractivity contribution in [1.29, 1.82) is 0 Å². The molecule has 0 saturated carbocycles. The van der Waals surface area contributed by atoms with E-state index in [0.717, 1.165) is 19.4 Å². The Labute approximate surface area is 148 Å². The van der Waals surface area contributed by atoms with Crippen LogP contribution in [0.5, 0.6) is 0 Å². The van der Waals surface area contributed by atoms with Crippen molar-refractivity contribution in [2.45, 2.75) is 25.7 Å². The van der Waals surface area contributed by atoms with Crippen LogP contribution in [0, 0.1) is 5.41 Å². The lowest BCUT2D eigenvalue weighted by atomic mass is 9.73. The Kier molecular flexibility index (Phi) is 4.61. The van der Waals surface area contributed by atoms with Crippen molar-refractivity contribution in [2.24, 2.45) is 10.4 Å². The summed E-state index contributed by atoms with van der Waals surface area (Å²) < 4.78 is 0. The van der Waals surface area contributed by atoms with E-state index in [1.165, 1.54) is 47.0 Å². The van der Waals surface area contributed by atoms with Gasteiger partial charge in [-0.25, -0.2) is 0 Å². The standard InChI is InChI=1S/C21H24N2S/c1-2-6-17(7-3-1)10-13-22-20-21(11-14-24-15-12-21)16-18-8-4-5-9-19(18)23-20/h1-9H,10-16H2,(H,22,23). The summed E-state index contributed by atoms with van der Waals surface area (Å²) >= 11 is 2.08. The van der Waals surface area contributed by atoms with Gasteiger partial charge in [0.15, 0.2) is 0 Å². The van der Waals surface area contributed by atoms with Crippen LogP contribution in [0.2, 0.25) is 0 Å². The summed E-state index contributed by atoms with van der Waals surface area (Å²) in [4.78, 5) is 5.05. The minimum Gasteiger partial charge on any atom is -0.343 e. The Hall–Kier alpha value is -1.74. The molecule has 2 aliphatic rings. The van der Waals surface area contributed by atoms with Crippen LogP contribution < -0.4 is 5.32 Å². The highest BCUT2D eigenvalue weighted by atomic mass is 32.2. The number of nitrogens with zero attached hydrogens (tertiary/aromatic N) is 1. The zero-order chi connectivity index (χ0) is 16.2. The van der Waals surface area contributed by atoms with Gasteiger partial charge in [-0.1, -0.05) is 48.5 Å². The molecule has 2 heterocycles. The van der Waals surface area contributed by atoms with Gasteiger partial charge in [-0.15, -0.1) is 0 Å². The summed E-state index contributed by atoms with van der Waals surface area (Å²) in [5.41, 5.74) is 4.30. The summed E-state index contributed by atoms with van der Waals surface area (Å²) in [5.74, 6) is 3.74. The van der Waals surface area contributed by atoms with Gasteiger partial charge in [0, 0.05) is 17.6 Å². The number of benzene rings is 2. The predicted molar refractivity (Wildman–Crippen MR) is 105 cm³/mol. The lowest BCUT2D eigenvalue weighted by molar-refractivity contribution is 0.377. The summed E-state index contributed by atoms with van der Waals surface area (Å²) in [6.07, 6.45) is 4.63. The van der Waals surface area contributed by atoms with Gasteiger partial charge >= 0.3 is 0 Å². The first-order valence-corrected chi connectivity index (χ1v) is 10.0. The van der Waals surface area contributed by atoms with E-state index < -0.39 is 0 Å². The molecule has 1 spiro atoms. The van der Waals surface area contributed by atoms with Gasteiger partial charge in [0.2, 0.25) is 0 Å². The van der Waals surface area contributed by atoms with E-state index in [2.05, 4.69) is 71.7 Å². The fourth-order valence-electron chi connectivity index (χ4n) is 3.83. The van der Waals surface area contributed by atoms with E-state index in [1.54, 1.807) is 0 Å². The Morgan fingerprint density at radius 1 is 0.958 bits per heavy atom. The van der Waals surface area contributed by atoms with E-state index in [-0.39, 0.29) is 5.41 Å². The second kappa shape index (κ2) is 7.02. The lowest BCUT2D eigenvalue weighted by Gasteiger charge is -2.42. The fourth-order valence-corrected chi connectivity index (χ4v) is 5.10. The van der Waals surface area contributed by atoms with Crippen molar-refractivity contribution >= 4 is 23.3 Å². The van der Waals surface area contributed by atoms with Crippen LogP contribution in [0.25, 0.3) is 0 Å². The molecule has 0 aromatic heterocycles.